The fourth-order valence-electron chi connectivity index (χ4n) is 2.35. The Balaban J connectivity index is 1.90. The summed E-state index contributed by atoms with van der Waals surface area (Å²) in [5.41, 5.74) is 1.34. The molecule has 1 saturated heterocycles. The number of aromatic hydroxyl groups is 1. The third-order valence-corrected chi connectivity index (χ3v) is 4.68. The Morgan fingerprint density at radius 3 is 2.50 bits per heavy atom. The molecule has 0 spiro atoms. The van der Waals surface area contributed by atoms with Gasteiger partial charge in [-0.2, -0.15) is 5.10 Å². The number of hydrogen-bond donors (Lipinski definition) is 2. The molecular formula is C18H15N3O4S. The second-order valence-electron chi connectivity index (χ2n) is 5.43. The highest BCUT2D eigenvalue weighted by Crippen LogP contribution is 2.34. The van der Waals surface area contributed by atoms with Gasteiger partial charge < -0.3 is 10.2 Å². The van der Waals surface area contributed by atoms with E-state index in [0.717, 1.165) is 17.3 Å². The molecule has 1 aliphatic rings. The number of anilines is 1. The van der Waals surface area contributed by atoms with Crippen LogP contribution in [-0.4, -0.2) is 38.7 Å². The number of benzene rings is 2. The van der Waals surface area contributed by atoms with Gasteiger partial charge in [-0.3, -0.25) is 14.5 Å². The van der Waals surface area contributed by atoms with Crippen molar-refractivity contribution in [2.45, 2.75) is 11.7 Å². The van der Waals surface area contributed by atoms with Gasteiger partial charge in [0.2, 0.25) is 5.91 Å². The lowest BCUT2D eigenvalue weighted by atomic mass is 10.2. The van der Waals surface area contributed by atoms with Crippen molar-refractivity contribution in [3.63, 3.8) is 0 Å². The van der Waals surface area contributed by atoms with Crippen molar-refractivity contribution >= 4 is 40.7 Å². The van der Waals surface area contributed by atoms with Crippen LogP contribution < -0.4 is 4.90 Å². The average molecular weight is 369 g/mol. The summed E-state index contributed by atoms with van der Waals surface area (Å²) in [6.07, 6.45) is 1.25. The number of phenolic OH excluding ortho intramolecular Hbond substituents is 1. The number of amidine groups is 1. The minimum Gasteiger partial charge on any atom is -0.508 e. The molecule has 7 nitrogen and oxygen atoms in total. The standard InChI is InChI=1S/C18H15N3O4S/c22-14-8-6-13(7-9-14)21-17(25)15(10-16(23)24)26-18(21)20-19-11-12-4-2-1-3-5-12/h1-9,11,15,22H,10H2,(H,23,24)/b19-11-,20-18+/t15-/m0/s1. The average Bonchev–Trinajstić information content (AvgIpc) is 2.92. The van der Waals surface area contributed by atoms with Gasteiger partial charge in [0, 0.05) is 0 Å². The molecule has 1 atom stereocenters. The van der Waals surface area contributed by atoms with Gasteiger partial charge in [0.1, 0.15) is 11.0 Å². The van der Waals surface area contributed by atoms with Crippen LogP contribution in [0.4, 0.5) is 5.69 Å². The van der Waals surface area contributed by atoms with Crippen molar-refractivity contribution in [1.29, 1.82) is 0 Å². The normalized spacial score (nSPS) is 18.8. The van der Waals surface area contributed by atoms with Gasteiger partial charge in [-0.25, -0.2) is 0 Å². The van der Waals surface area contributed by atoms with Gasteiger partial charge in [0.15, 0.2) is 5.17 Å². The number of amides is 1. The summed E-state index contributed by atoms with van der Waals surface area (Å²) >= 11 is 1.06. The molecule has 1 fully saturated rings. The summed E-state index contributed by atoms with van der Waals surface area (Å²) in [7, 11) is 0. The molecule has 2 aromatic carbocycles. The van der Waals surface area contributed by atoms with E-state index in [9.17, 15) is 14.7 Å². The van der Waals surface area contributed by atoms with Crippen LogP contribution in [-0.2, 0) is 9.59 Å². The van der Waals surface area contributed by atoms with Gasteiger partial charge >= 0.3 is 5.97 Å². The summed E-state index contributed by atoms with van der Waals surface area (Å²) in [5, 5.41) is 26.1. The number of phenols is 1. The first-order valence-corrected chi connectivity index (χ1v) is 8.60. The fourth-order valence-corrected chi connectivity index (χ4v) is 3.43. The Hall–Kier alpha value is -3.13. The summed E-state index contributed by atoms with van der Waals surface area (Å²) in [5.74, 6) is -1.37. The minimum atomic E-state index is -1.06. The lowest BCUT2D eigenvalue weighted by Crippen LogP contribution is -2.32. The first kappa shape index (κ1) is 17.7. The number of thioether (sulfide) groups is 1. The molecule has 8 heteroatoms. The predicted molar refractivity (Wildman–Crippen MR) is 101 cm³/mol. The van der Waals surface area contributed by atoms with Gasteiger partial charge in [-0.05, 0) is 29.8 Å². The van der Waals surface area contributed by atoms with Crippen LogP contribution >= 0.6 is 11.8 Å². The van der Waals surface area contributed by atoms with E-state index in [1.165, 1.54) is 17.0 Å². The highest BCUT2D eigenvalue weighted by atomic mass is 32.2. The minimum absolute atomic E-state index is 0.0655. The molecular weight excluding hydrogens is 354 g/mol. The first-order valence-electron chi connectivity index (χ1n) is 7.72. The topological polar surface area (TPSA) is 103 Å². The van der Waals surface area contributed by atoms with E-state index in [-0.39, 0.29) is 18.1 Å². The molecule has 1 aliphatic heterocycles. The van der Waals surface area contributed by atoms with Gasteiger partial charge in [0.05, 0.1) is 18.3 Å². The molecule has 26 heavy (non-hydrogen) atoms. The summed E-state index contributed by atoms with van der Waals surface area (Å²) in [6.45, 7) is 0. The van der Waals surface area contributed by atoms with E-state index < -0.39 is 11.2 Å². The Morgan fingerprint density at radius 1 is 1.15 bits per heavy atom. The zero-order valence-electron chi connectivity index (χ0n) is 13.5. The van der Waals surface area contributed by atoms with Gasteiger partial charge in [0.25, 0.3) is 0 Å². The Kier molecular flexibility index (Phi) is 5.33. The van der Waals surface area contributed by atoms with E-state index in [1.807, 2.05) is 30.3 Å². The fraction of sp³-hybridized carbons (Fsp3) is 0.111. The number of aliphatic carboxylic acids is 1. The number of hydrogen-bond acceptors (Lipinski definition) is 6. The first-order chi connectivity index (χ1) is 12.5. The molecule has 0 unspecified atom stereocenters. The molecule has 1 heterocycles. The van der Waals surface area contributed by atoms with Crippen molar-refractivity contribution in [2.24, 2.45) is 10.2 Å². The van der Waals surface area contributed by atoms with Crippen LogP contribution in [0.3, 0.4) is 0 Å². The van der Waals surface area contributed by atoms with E-state index in [0.29, 0.717) is 10.9 Å². The van der Waals surface area contributed by atoms with Crippen LogP contribution in [0.15, 0.2) is 64.8 Å². The maximum Gasteiger partial charge on any atom is 0.305 e. The van der Waals surface area contributed by atoms with Crippen LogP contribution in [0, 0.1) is 0 Å². The molecule has 2 aromatic rings. The van der Waals surface area contributed by atoms with Crippen molar-refractivity contribution in [3.8, 4) is 5.75 Å². The number of nitrogens with zero attached hydrogens (tertiary/aromatic N) is 3. The molecule has 0 aliphatic carbocycles. The molecule has 0 aromatic heterocycles. The SMILES string of the molecule is O=C(O)C[C@@H]1S/C(=N/N=C\c2ccccc2)N(c2ccc(O)cc2)C1=O. The monoisotopic (exact) mass is 369 g/mol. The molecule has 3 rings (SSSR count). The van der Waals surface area contributed by atoms with Gasteiger partial charge in [-0.1, -0.05) is 42.1 Å². The maximum absolute atomic E-state index is 12.6. The zero-order valence-corrected chi connectivity index (χ0v) is 14.3. The number of carboxylic acid groups (broad SMARTS) is 1. The van der Waals surface area contributed by atoms with Crippen molar-refractivity contribution < 1.29 is 19.8 Å². The predicted octanol–water partition coefficient (Wildman–Crippen LogP) is 2.71. The van der Waals surface area contributed by atoms with E-state index in [1.54, 1.807) is 18.3 Å². The van der Waals surface area contributed by atoms with Crippen LogP contribution in [0.25, 0.3) is 0 Å². The molecule has 2 N–H and O–H groups in total. The third-order valence-electron chi connectivity index (χ3n) is 3.55. The summed E-state index contributed by atoms with van der Waals surface area (Å²) in [4.78, 5) is 24.9. The van der Waals surface area contributed by atoms with Crippen molar-refractivity contribution in [3.05, 3.63) is 60.2 Å². The van der Waals surface area contributed by atoms with E-state index in [2.05, 4.69) is 10.2 Å². The third kappa shape index (κ3) is 4.09. The largest absolute Gasteiger partial charge is 0.508 e. The second-order valence-corrected chi connectivity index (χ2v) is 6.60. The Labute approximate surface area is 153 Å². The van der Waals surface area contributed by atoms with E-state index in [4.69, 9.17) is 5.11 Å². The highest BCUT2D eigenvalue weighted by molar-refractivity contribution is 8.16. The van der Waals surface area contributed by atoms with Crippen LogP contribution in [0.1, 0.15) is 12.0 Å². The maximum atomic E-state index is 12.6. The highest BCUT2D eigenvalue weighted by Gasteiger charge is 2.40. The number of carbonyl (C=O) groups is 2. The summed E-state index contributed by atoms with van der Waals surface area (Å²) in [6, 6.07) is 15.4. The molecule has 0 bridgehead atoms. The number of carboxylic acids is 1. The van der Waals surface area contributed by atoms with E-state index >= 15 is 0 Å². The Morgan fingerprint density at radius 2 is 1.85 bits per heavy atom. The molecule has 0 saturated carbocycles. The molecule has 1 amide bonds. The number of rotatable bonds is 5. The lowest BCUT2D eigenvalue weighted by Gasteiger charge is -2.15. The lowest BCUT2D eigenvalue weighted by molar-refractivity contribution is -0.138. The zero-order chi connectivity index (χ0) is 18.5. The Bertz CT molecular complexity index is 866. The quantitative estimate of drug-likeness (QED) is 0.623. The second kappa shape index (κ2) is 7.83. The van der Waals surface area contributed by atoms with Crippen LogP contribution in [0.2, 0.25) is 0 Å². The molecule has 0 radical (unpaired) electrons. The van der Waals surface area contributed by atoms with Gasteiger partial charge in [-0.15, -0.1) is 5.10 Å². The number of carbonyl (C=O) groups excluding carboxylic acids is 1. The molecule has 132 valence electrons. The van der Waals surface area contributed by atoms with Crippen molar-refractivity contribution in [2.75, 3.05) is 4.90 Å². The smallest absolute Gasteiger partial charge is 0.305 e. The van der Waals surface area contributed by atoms with Crippen molar-refractivity contribution in [1.82, 2.24) is 0 Å². The summed E-state index contributed by atoms with van der Waals surface area (Å²) < 4.78 is 0. The van der Waals surface area contributed by atoms with Crippen LogP contribution in [0.5, 0.6) is 5.75 Å².